The van der Waals surface area contributed by atoms with Gasteiger partial charge in [0.15, 0.2) is 0 Å². The minimum atomic E-state index is 0. The molecule has 120 valence electrons. The second kappa shape index (κ2) is 28.8. The monoisotopic (exact) mass is 422 g/mol. The van der Waals surface area contributed by atoms with Crippen molar-refractivity contribution in [2.24, 2.45) is 0 Å². The maximum absolute atomic E-state index is 2.29. The van der Waals surface area contributed by atoms with Gasteiger partial charge in [0, 0.05) is 0 Å². The van der Waals surface area contributed by atoms with Crippen LogP contribution in [0.25, 0.3) is 0 Å². The van der Waals surface area contributed by atoms with Crippen LogP contribution in [0.15, 0.2) is 0 Å². The summed E-state index contributed by atoms with van der Waals surface area (Å²) in [4.78, 5) is 0. The first-order chi connectivity index (χ1) is 8.41. The molecule has 0 aromatic heterocycles. The summed E-state index contributed by atoms with van der Waals surface area (Å²) in [5.74, 6) is 0. The molecule has 0 spiro atoms. The maximum atomic E-state index is 2.29. The van der Waals surface area contributed by atoms with Gasteiger partial charge in [-0.2, -0.15) is 0 Å². The van der Waals surface area contributed by atoms with Crippen LogP contribution in [0.1, 0.15) is 110 Å². The summed E-state index contributed by atoms with van der Waals surface area (Å²) in [5, 5.41) is 0. The molecule has 0 saturated carbocycles. The van der Waals surface area contributed by atoms with Gasteiger partial charge in [0.25, 0.3) is 0 Å². The smallest absolute Gasteiger partial charge is 1.00 e. The van der Waals surface area contributed by atoms with Crippen molar-refractivity contribution in [3.63, 3.8) is 0 Å². The molecule has 0 nitrogen and oxygen atoms in total. The van der Waals surface area contributed by atoms with Crippen LogP contribution < -0.4 is 34.0 Å². The summed E-state index contributed by atoms with van der Waals surface area (Å²) < 4.78 is 0. The summed E-state index contributed by atoms with van der Waals surface area (Å²) in [5.41, 5.74) is 0. The van der Waals surface area contributed by atoms with E-state index in [0.717, 1.165) is 0 Å². The van der Waals surface area contributed by atoms with E-state index in [4.69, 9.17) is 0 Å². The van der Waals surface area contributed by atoms with Crippen molar-refractivity contribution in [3.8, 4) is 0 Å². The zero-order valence-corrected chi connectivity index (χ0v) is 18.7. The van der Waals surface area contributed by atoms with E-state index in [1.165, 1.54) is 96.3 Å². The standard InChI is InChI=1S/C17H36.2BrH.Mg/c1-3-5-7-9-11-13-15-17-16-14-12-10-8-6-4-2;;;/h3-17H2,1-2H3;2*1H;/q;;;+2/p-2. The molecule has 0 fully saturated rings. The summed E-state index contributed by atoms with van der Waals surface area (Å²) in [6, 6.07) is 0. The molecule has 0 radical (unpaired) electrons. The van der Waals surface area contributed by atoms with Gasteiger partial charge in [-0.15, -0.1) is 0 Å². The third-order valence-electron chi connectivity index (χ3n) is 3.71. The molecule has 0 rings (SSSR count). The predicted octanol–water partition coefficient (Wildman–Crippen LogP) is 0.505. The molecule has 3 heteroatoms. The Morgan fingerprint density at radius 3 is 0.650 bits per heavy atom. The van der Waals surface area contributed by atoms with E-state index in [1.807, 2.05) is 0 Å². The van der Waals surface area contributed by atoms with Gasteiger partial charge in [0.2, 0.25) is 0 Å². The van der Waals surface area contributed by atoms with Crippen LogP contribution in [0.2, 0.25) is 0 Å². The summed E-state index contributed by atoms with van der Waals surface area (Å²) in [7, 11) is 0. The first-order valence-electron chi connectivity index (χ1n) is 8.41. The van der Waals surface area contributed by atoms with Crippen LogP contribution in [0.4, 0.5) is 0 Å². The van der Waals surface area contributed by atoms with E-state index in [0.29, 0.717) is 0 Å². The van der Waals surface area contributed by atoms with Gasteiger partial charge < -0.3 is 34.0 Å². The Bertz CT molecular complexity index is 118. The van der Waals surface area contributed by atoms with Crippen molar-refractivity contribution in [1.29, 1.82) is 0 Å². The van der Waals surface area contributed by atoms with Crippen molar-refractivity contribution >= 4 is 23.1 Å². The number of unbranched alkanes of at least 4 members (excludes halogenated alkanes) is 14. The zero-order valence-electron chi connectivity index (χ0n) is 14.1. The Morgan fingerprint density at radius 1 is 0.350 bits per heavy atom. The Kier molecular flexibility index (Phi) is 42.8. The predicted molar refractivity (Wildman–Crippen MR) is 86.4 cm³/mol. The Balaban J connectivity index is -0.000000427. The van der Waals surface area contributed by atoms with Crippen LogP contribution in [-0.4, -0.2) is 23.1 Å². The van der Waals surface area contributed by atoms with Crippen molar-refractivity contribution in [3.05, 3.63) is 0 Å². The third-order valence-corrected chi connectivity index (χ3v) is 3.71. The average molecular weight is 425 g/mol. The first kappa shape index (κ1) is 29.7. The Hall–Kier alpha value is 1.73. The van der Waals surface area contributed by atoms with Gasteiger partial charge in [-0.3, -0.25) is 0 Å². The molecule has 0 heterocycles. The molecule has 0 aromatic carbocycles. The molecule has 0 aliphatic carbocycles. The molecule has 0 aliphatic heterocycles. The van der Waals surface area contributed by atoms with E-state index < -0.39 is 0 Å². The minimum absolute atomic E-state index is 0. The van der Waals surface area contributed by atoms with Crippen LogP contribution in [-0.2, 0) is 0 Å². The summed E-state index contributed by atoms with van der Waals surface area (Å²) in [6.07, 6.45) is 21.9. The van der Waals surface area contributed by atoms with Gasteiger partial charge in [-0.25, -0.2) is 0 Å². The number of hydrogen-bond donors (Lipinski definition) is 0. The van der Waals surface area contributed by atoms with Crippen LogP contribution >= 0.6 is 0 Å². The van der Waals surface area contributed by atoms with Gasteiger partial charge in [0.1, 0.15) is 0 Å². The second-order valence-electron chi connectivity index (χ2n) is 5.60. The fourth-order valence-corrected chi connectivity index (χ4v) is 2.44. The van der Waals surface area contributed by atoms with Crippen LogP contribution in [0.5, 0.6) is 0 Å². The Morgan fingerprint density at radius 2 is 0.500 bits per heavy atom. The quantitative estimate of drug-likeness (QED) is 0.282. The molecule has 0 saturated heterocycles. The van der Waals surface area contributed by atoms with Gasteiger partial charge >= 0.3 is 23.1 Å². The first-order valence-corrected chi connectivity index (χ1v) is 8.41. The number of halogens is 2. The van der Waals surface area contributed by atoms with Gasteiger partial charge in [0.05, 0.1) is 0 Å². The second-order valence-corrected chi connectivity index (χ2v) is 5.60. The van der Waals surface area contributed by atoms with E-state index in [1.54, 1.807) is 0 Å². The molecule has 0 aliphatic rings. The zero-order chi connectivity index (χ0) is 12.6. The van der Waals surface area contributed by atoms with Crippen molar-refractivity contribution in [1.82, 2.24) is 0 Å². The number of rotatable bonds is 14. The van der Waals surface area contributed by atoms with Crippen LogP contribution in [0, 0.1) is 0 Å². The molecule has 20 heavy (non-hydrogen) atoms. The maximum Gasteiger partial charge on any atom is 2.00 e. The molecule has 0 aromatic rings. The van der Waals surface area contributed by atoms with Gasteiger partial charge in [-0.1, -0.05) is 110 Å². The minimum Gasteiger partial charge on any atom is -1.00 e. The number of hydrogen-bond acceptors (Lipinski definition) is 0. The summed E-state index contributed by atoms with van der Waals surface area (Å²) >= 11 is 0. The molecule has 0 atom stereocenters. The molecule has 0 unspecified atom stereocenters. The molecule has 0 bridgehead atoms. The molecule has 0 N–H and O–H groups in total. The van der Waals surface area contributed by atoms with Crippen molar-refractivity contribution < 1.29 is 34.0 Å². The normalized spacial score (nSPS) is 9.30. The van der Waals surface area contributed by atoms with E-state index in [2.05, 4.69) is 13.8 Å². The van der Waals surface area contributed by atoms with Gasteiger partial charge in [-0.05, 0) is 0 Å². The van der Waals surface area contributed by atoms with E-state index in [-0.39, 0.29) is 57.0 Å². The average Bonchev–Trinajstić information content (AvgIpc) is 2.35. The third kappa shape index (κ3) is 28.0. The van der Waals surface area contributed by atoms with E-state index in [9.17, 15) is 0 Å². The summed E-state index contributed by atoms with van der Waals surface area (Å²) in [6.45, 7) is 4.58. The fourth-order valence-electron chi connectivity index (χ4n) is 2.44. The topological polar surface area (TPSA) is 0 Å². The Labute approximate surface area is 166 Å². The molecular formula is C17H36Br2Mg. The largest absolute Gasteiger partial charge is 2.00 e. The van der Waals surface area contributed by atoms with Crippen molar-refractivity contribution in [2.45, 2.75) is 110 Å². The molecular weight excluding hydrogens is 388 g/mol. The van der Waals surface area contributed by atoms with Crippen LogP contribution in [0.3, 0.4) is 0 Å². The van der Waals surface area contributed by atoms with Crippen molar-refractivity contribution in [2.75, 3.05) is 0 Å². The van der Waals surface area contributed by atoms with E-state index >= 15 is 0 Å². The molecule has 0 amide bonds. The fraction of sp³-hybridized carbons (Fsp3) is 1.00. The SMILES string of the molecule is CCCCCCCCCCCCCCCCC.[Br-].[Br-].[Mg+2].